The van der Waals surface area contributed by atoms with Gasteiger partial charge >= 0.3 is 0 Å². The first-order valence-electron chi connectivity index (χ1n) is 5.87. The van der Waals surface area contributed by atoms with E-state index in [-0.39, 0.29) is 6.04 Å². The van der Waals surface area contributed by atoms with Crippen LogP contribution >= 0.6 is 0 Å². The van der Waals surface area contributed by atoms with Gasteiger partial charge in [0.2, 0.25) is 0 Å². The SMILES string of the molecule is COc1ccccc1Oc1ccc([C@@H](C)N)cc1. The van der Waals surface area contributed by atoms with Crippen LogP contribution in [0.2, 0.25) is 0 Å². The molecule has 0 aliphatic rings. The lowest BCUT2D eigenvalue weighted by molar-refractivity contribution is 0.379. The van der Waals surface area contributed by atoms with E-state index in [4.69, 9.17) is 15.2 Å². The molecule has 3 nitrogen and oxygen atoms in total. The average Bonchev–Trinajstić information content (AvgIpc) is 2.40. The summed E-state index contributed by atoms with van der Waals surface area (Å²) in [5.74, 6) is 2.19. The lowest BCUT2D eigenvalue weighted by atomic mass is 10.1. The molecule has 0 spiro atoms. The molecule has 1 atom stereocenters. The molecule has 0 unspecified atom stereocenters. The van der Waals surface area contributed by atoms with E-state index in [0.29, 0.717) is 11.5 Å². The third-order valence-corrected chi connectivity index (χ3v) is 2.70. The Morgan fingerprint density at radius 1 is 0.944 bits per heavy atom. The highest BCUT2D eigenvalue weighted by Gasteiger charge is 2.05. The van der Waals surface area contributed by atoms with E-state index in [0.717, 1.165) is 11.3 Å². The van der Waals surface area contributed by atoms with Crippen LogP contribution in [0.25, 0.3) is 0 Å². The van der Waals surface area contributed by atoms with Crippen molar-refractivity contribution in [1.29, 1.82) is 0 Å². The molecule has 0 amide bonds. The minimum absolute atomic E-state index is 0.0327. The predicted octanol–water partition coefficient (Wildman–Crippen LogP) is 3.51. The van der Waals surface area contributed by atoms with Crippen molar-refractivity contribution in [2.24, 2.45) is 5.73 Å². The van der Waals surface area contributed by atoms with Crippen LogP contribution in [0.4, 0.5) is 0 Å². The van der Waals surface area contributed by atoms with Gasteiger partial charge in [-0.25, -0.2) is 0 Å². The third kappa shape index (κ3) is 2.81. The van der Waals surface area contributed by atoms with Gasteiger partial charge in [0.15, 0.2) is 11.5 Å². The van der Waals surface area contributed by atoms with E-state index in [1.54, 1.807) is 7.11 Å². The highest BCUT2D eigenvalue weighted by atomic mass is 16.5. The van der Waals surface area contributed by atoms with Crippen LogP contribution in [-0.4, -0.2) is 7.11 Å². The molecule has 0 bridgehead atoms. The fourth-order valence-corrected chi connectivity index (χ4v) is 1.67. The molecule has 3 heteroatoms. The van der Waals surface area contributed by atoms with Crippen LogP contribution in [0.5, 0.6) is 17.2 Å². The average molecular weight is 243 g/mol. The molecule has 2 aromatic carbocycles. The van der Waals surface area contributed by atoms with Crippen molar-refractivity contribution in [2.75, 3.05) is 7.11 Å². The number of nitrogens with two attached hydrogens (primary N) is 1. The molecular weight excluding hydrogens is 226 g/mol. The zero-order chi connectivity index (χ0) is 13.0. The zero-order valence-corrected chi connectivity index (χ0v) is 10.6. The maximum atomic E-state index is 5.80. The van der Waals surface area contributed by atoms with Crippen LogP contribution < -0.4 is 15.2 Å². The van der Waals surface area contributed by atoms with Crippen molar-refractivity contribution in [3.05, 3.63) is 54.1 Å². The Kier molecular flexibility index (Phi) is 3.85. The van der Waals surface area contributed by atoms with E-state index >= 15 is 0 Å². The van der Waals surface area contributed by atoms with E-state index < -0.39 is 0 Å². The van der Waals surface area contributed by atoms with E-state index in [1.165, 1.54) is 0 Å². The molecule has 0 saturated heterocycles. The Balaban J connectivity index is 2.18. The smallest absolute Gasteiger partial charge is 0.169 e. The Hall–Kier alpha value is -2.00. The fourth-order valence-electron chi connectivity index (χ4n) is 1.67. The molecule has 0 fully saturated rings. The maximum absolute atomic E-state index is 5.80. The van der Waals surface area contributed by atoms with Gasteiger partial charge in [-0.3, -0.25) is 0 Å². The highest BCUT2D eigenvalue weighted by Crippen LogP contribution is 2.31. The van der Waals surface area contributed by atoms with Gasteiger partial charge < -0.3 is 15.2 Å². The van der Waals surface area contributed by atoms with Crippen molar-refractivity contribution in [2.45, 2.75) is 13.0 Å². The van der Waals surface area contributed by atoms with Crippen molar-refractivity contribution in [3.63, 3.8) is 0 Å². The molecule has 2 N–H and O–H groups in total. The zero-order valence-electron chi connectivity index (χ0n) is 10.6. The summed E-state index contributed by atoms with van der Waals surface area (Å²) in [7, 11) is 1.63. The minimum Gasteiger partial charge on any atom is -0.493 e. The van der Waals surface area contributed by atoms with Gasteiger partial charge in [0.05, 0.1) is 7.11 Å². The van der Waals surface area contributed by atoms with Crippen LogP contribution in [0.1, 0.15) is 18.5 Å². The monoisotopic (exact) mass is 243 g/mol. The van der Waals surface area contributed by atoms with E-state index in [2.05, 4.69) is 0 Å². The highest BCUT2D eigenvalue weighted by molar-refractivity contribution is 5.43. The number of rotatable bonds is 4. The molecule has 2 aromatic rings. The lowest BCUT2D eigenvalue weighted by Gasteiger charge is -2.11. The first-order chi connectivity index (χ1) is 8.70. The van der Waals surface area contributed by atoms with Crippen molar-refractivity contribution in [3.8, 4) is 17.2 Å². The second-order valence-electron chi connectivity index (χ2n) is 4.11. The Labute approximate surface area is 107 Å². The Morgan fingerprint density at radius 2 is 1.56 bits per heavy atom. The second kappa shape index (κ2) is 5.56. The summed E-state index contributed by atoms with van der Waals surface area (Å²) in [6.45, 7) is 1.95. The second-order valence-corrected chi connectivity index (χ2v) is 4.11. The number of hydrogen-bond acceptors (Lipinski definition) is 3. The molecule has 0 aliphatic heterocycles. The predicted molar refractivity (Wildman–Crippen MR) is 72.1 cm³/mol. The molecule has 0 aliphatic carbocycles. The lowest BCUT2D eigenvalue weighted by Crippen LogP contribution is -2.04. The van der Waals surface area contributed by atoms with E-state index in [1.807, 2.05) is 55.5 Å². The Morgan fingerprint density at radius 3 is 2.11 bits per heavy atom. The third-order valence-electron chi connectivity index (χ3n) is 2.70. The summed E-state index contributed by atoms with van der Waals surface area (Å²) in [5.41, 5.74) is 6.89. The van der Waals surface area contributed by atoms with Crippen LogP contribution in [0.3, 0.4) is 0 Å². The van der Waals surface area contributed by atoms with Gasteiger partial charge in [0, 0.05) is 6.04 Å². The fraction of sp³-hybridized carbons (Fsp3) is 0.200. The van der Waals surface area contributed by atoms with Crippen LogP contribution in [-0.2, 0) is 0 Å². The number of methoxy groups -OCH3 is 1. The number of hydrogen-bond donors (Lipinski definition) is 1. The first-order valence-corrected chi connectivity index (χ1v) is 5.87. The standard InChI is InChI=1S/C15H17NO2/c1-11(16)12-7-9-13(10-8-12)18-15-6-4-3-5-14(15)17-2/h3-11H,16H2,1-2H3/t11-/m1/s1. The molecule has 0 aromatic heterocycles. The molecule has 2 rings (SSSR count). The maximum Gasteiger partial charge on any atom is 0.169 e. The summed E-state index contributed by atoms with van der Waals surface area (Å²) < 4.78 is 11.0. The largest absolute Gasteiger partial charge is 0.493 e. The van der Waals surface area contributed by atoms with Gasteiger partial charge in [0.25, 0.3) is 0 Å². The van der Waals surface area contributed by atoms with Gasteiger partial charge in [-0.1, -0.05) is 24.3 Å². The topological polar surface area (TPSA) is 44.5 Å². The van der Waals surface area contributed by atoms with Crippen LogP contribution in [0, 0.1) is 0 Å². The molecule has 0 radical (unpaired) electrons. The van der Waals surface area contributed by atoms with Gasteiger partial charge in [-0.15, -0.1) is 0 Å². The molecular formula is C15H17NO2. The van der Waals surface area contributed by atoms with E-state index in [9.17, 15) is 0 Å². The number of para-hydroxylation sites is 2. The van der Waals surface area contributed by atoms with Gasteiger partial charge in [-0.05, 0) is 36.8 Å². The number of benzene rings is 2. The molecule has 94 valence electrons. The summed E-state index contributed by atoms with van der Waals surface area (Å²) in [5, 5.41) is 0. The quantitative estimate of drug-likeness (QED) is 0.893. The number of ether oxygens (including phenoxy) is 2. The van der Waals surface area contributed by atoms with Crippen molar-refractivity contribution >= 4 is 0 Å². The van der Waals surface area contributed by atoms with Crippen molar-refractivity contribution in [1.82, 2.24) is 0 Å². The normalized spacial score (nSPS) is 11.9. The summed E-state index contributed by atoms with van der Waals surface area (Å²) >= 11 is 0. The van der Waals surface area contributed by atoms with Gasteiger partial charge in [-0.2, -0.15) is 0 Å². The minimum atomic E-state index is 0.0327. The molecule has 0 saturated carbocycles. The molecule has 0 heterocycles. The van der Waals surface area contributed by atoms with Crippen molar-refractivity contribution < 1.29 is 9.47 Å². The van der Waals surface area contributed by atoms with Crippen LogP contribution in [0.15, 0.2) is 48.5 Å². The summed E-state index contributed by atoms with van der Waals surface area (Å²) in [6, 6.07) is 15.3. The Bertz CT molecular complexity index is 506. The summed E-state index contributed by atoms with van der Waals surface area (Å²) in [6.07, 6.45) is 0. The van der Waals surface area contributed by atoms with Gasteiger partial charge in [0.1, 0.15) is 5.75 Å². The molecule has 18 heavy (non-hydrogen) atoms. The summed E-state index contributed by atoms with van der Waals surface area (Å²) in [4.78, 5) is 0. The first kappa shape index (κ1) is 12.5.